The van der Waals surface area contributed by atoms with Crippen molar-refractivity contribution >= 4 is 37.6 Å². The van der Waals surface area contributed by atoms with E-state index in [2.05, 4.69) is 45.7 Å². The predicted octanol–water partition coefficient (Wildman–Crippen LogP) is 4.50. The molecular formula is C13H16Br2O. The molecule has 1 rings (SSSR count). The monoisotopic (exact) mass is 346 g/mol. The van der Waals surface area contributed by atoms with Crippen LogP contribution in [0.25, 0.3) is 0 Å². The molecule has 0 aromatic heterocycles. The third-order valence-electron chi connectivity index (χ3n) is 2.29. The highest BCUT2D eigenvalue weighted by Gasteiger charge is 2.24. The molecular weight excluding hydrogens is 332 g/mol. The van der Waals surface area contributed by atoms with E-state index in [9.17, 15) is 4.79 Å². The zero-order valence-electron chi connectivity index (χ0n) is 9.49. The highest BCUT2D eigenvalue weighted by Crippen LogP contribution is 2.32. The van der Waals surface area contributed by atoms with Crippen LogP contribution in [0, 0.1) is 5.92 Å². The maximum atomic E-state index is 11.9. The van der Waals surface area contributed by atoms with E-state index in [0.29, 0.717) is 12.3 Å². The lowest BCUT2D eigenvalue weighted by Gasteiger charge is -2.17. The third kappa shape index (κ3) is 4.02. The molecule has 0 heterocycles. The van der Waals surface area contributed by atoms with Crippen LogP contribution in [0.1, 0.15) is 30.7 Å². The van der Waals surface area contributed by atoms with E-state index in [-0.39, 0.29) is 15.4 Å². The number of rotatable bonds is 5. The minimum absolute atomic E-state index is 0.0416. The maximum absolute atomic E-state index is 11.9. The Labute approximate surface area is 114 Å². The second-order valence-corrected chi connectivity index (χ2v) is 6.25. The average molecular weight is 348 g/mol. The Morgan fingerprint density at radius 2 is 1.75 bits per heavy atom. The number of hydrogen-bond donors (Lipinski definition) is 0. The topological polar surface area (TPSA) is 17.1 Å². The molecule has 0 aliphatic carbocycles. The highest BCUT2D eigenvalue weighted by atomic mass is 79.9. The van der Waals surface area contributed by atoms with Gasteiger partial charge in [-0.25, -0.2) is 0 Å². The number of carbonyl (C=O) groups is 1. The molecule has 0 bridgehead atoms. The Kier molecular flexibility index (Phi) is 5.70. The number of ketones is 1. The van der Waals surface area contributed by atoms with Gasteiger partial charge in [-0.15, -0.1) is 0 Å². The van der Waals surface area contributed by atoms with Crippen LogP contribution in [-0.4, -0.2) is 10.6 Å². The van der Waals surface area contributed by atoms with Gasteiger partial charge in [-0.2, -0.15) is 0 Å². The molecule has 2 atom stereocenters. The summed E-state index contributed by atoms with van der Waals surface area (Å²) in [5, 5.41) is 0. The smallest absolute Gasteiger partial charge is 0.148 e. The van der Waals surface area contributed by atoms with E-state index in [1.807, 2.05) is 30.3 Å². The number of benzene rings is 1. The summed E-state index contributed by atoms with van der Waals surface area (Å²) in [5.41, 5.74) is 1.13. The lowest BCUT2D eigenvalue weighted by molar-refractivity contribution is -0.119. The highest BCUT2D eigenvalue weighted by molar-refractivity contribution is 9.12. The fraction of sp³-hybridized carbons (Fsp3) is 0.462. The van der Waals surface area contributed by atoms with Crippen LogP contribution in [0.4, 0.5) is 0 Å². The van der Waals surface area contributed by atoms with E-state index in [1.165, 1.54) is 0 Å². The van der Waals surface area contributed by atoms with Crippen molar-refractivity contribution < 1.29 is 4.79 Å². The first-order chi connectivity index (χ1) is 7.52. The van der Waals surface area contributed by atoms with Crippen LogP contribution < -0.4 is 0 Å². The second kappa shape index (κ2) is 6.55. The van der Waals surface area contributed by atoms with Gasteiger partial charge >= 0.3 is 0 Å². The van der Waals surface area contributed by atoms with Gasteiger partial charge in [0.25, 0.3) is 0 Å². The maximum Gasteiger partial charge on any atom is 0.148 e. The number of alkyl halides is 2. The van der Waals surface area contributed by atoms with Crippen molar-refractivity contribution in [2.75, 3.05) is 0 Å². The van der Waals surface area contributed by atoms with Gasteiger partial charge in [-0.3, -0.25) is 4.79 Å². The normalized spacial score (nSPS) is 14.8. The summed E-state index contributed by atoms with van der Waals surface area (Å²) in [6.07, 6.45) is 0.616. The lowest BCUT2D eigenvalue weighted by atomic mass is 10.0. The molecule has 0 aliphatic rings. The van der Waals surface area contributed by atoms with E-state index >= 15 is 0 Å². The van der Waals surface area contributed by atoms with Gasteiger partial charge in [0.2, 0.25) is 0 Å². The molecule has 1 aromatic carbocycles. The quantitative estimate of drug-likeness (QED) is 0.716. The Hall–Kier alpha value is -0.150. The number of hydrogen-bond acceptors (Lipinski definition) is 1. The summed E-state index contributed by atoms with van der Waals surface area (Å²) in [5.74, 6) is 0.656. The van der Waals surface area contributed by atoms with Gasteiger partial charge in [0.15, 0.2) is 0 Å². The first kappa shape index (κ1) is 13.9. The van der Waals surface area contributed by atoms with Gasteiger partial charge in [0.1, 0.15) is 5.78 Å². The Morgan fingerprint density at radius 3 is 2.25 bits per heavy atom. The van der Waals surface area contributed by atoms with Crippen molar-refractivity contribution in [1.82, 2.24) is 0 Å². The standard InChI is InChI=1S/C13H16Br2O/c1-9(2)8-11(16)13(15)12(14)10-6-4-3-5-7-10/h3-7,9,12-13H,8H2,1-2H3/t12-,13-/m0/s1. The average Bonchev–Trinajstić information content (AvgIpc) is 2.27. The van der Waals surface area contributed by atoms with Crippen LogP contribution in [-0.2, 0) is 4.79 Å². The summed E-state index contributed by atoms with van der Waals surface area (Å²) < 4.78 is 0. The zero-order valence-corrected chi connectivity index (χ0v) is 12.7. The fourth-order valence-corrected chi connectivity index (χ4v) is 2.58. The lowest BCUT2D eigenvalue weighted by Crippen LogP contribution is -2.20. The Morgan fingerprint density at radius 1 is 1.19 bits per heavy atom. The summed E-state index contributed by atoms with van der Waals surface area (Å²) >= 11 is 7.05. The summed E-state index contributed by atoms with van der Waals surface area (Å²) in [4.78, 5) is 11.8. The molecule has 0 aliphatic heterocycles. The minimum Gasteiger partial charge on any atom is -0.298 e. The largest absolute Gasteiger partial charge is 0.298 e. The fourth-order valence-electron chi connectivity index (χ4n) is 1.48. The zero-order chi connectivity index (χ0) is 12.1. The molecule has 0 saturated heterocycles. The van der Waals surface area contributed by atoms with Crippen molar-refractivity contribution in [1.29, 1.82) is 0 Å². The van der Waals surface area contributed by atoms with Crippen molar-refractivity contribution in [2.24, 2.45) is 5.92 Å². The molecule has 0 N–H and O–H groups in total. The molecule has 0 spiro atoms. The van der Waals surface area contributed by atoms with Crippen molar-refractivity contribution in [2.45, 2.75) is 29.9 Å². The molecule has 0 fully saturated rings. The molecule has 3 heteroatoms. The van der Waals surface area contributed by atoms with E-state index in [1.54, 1.807) is 0 Å². The molecule has 0 radical (unpaired) electrons. The van der Waals surface area contributed by atoms with Gasteiger partial charge in [-0.05, 0) is 11.5 Å². The van der Waals surface area contributed by atoms with Crippen molar-refractivity contribution in [3.05, 3.63) is 35.9 Å². The van der Waals surface area contributed by atoms with Crippen LogP contribution >= 0.6 is 31.9 Å². The van der Waals surface area contributed by atoms with Crippen LogP contribution in [0.2, 0.25) is 0 Å². The number of Topliss-reactive ketones (excluding diaryl/α,β-unsaturated/α-hetero) is 1. The van der Waals surface area contributed by atoms with Crippen LogP contribution in [0.15, 0.2) is 30.3 Å². The van der Waals surface area contributed by atoms with Gasteiger partial charge in [0, 0.05) is 6.42 Å². The first-order valence-electron chi connectivity index (χ1n) is 5.38. The van der Waals surface area contributed by atoms with Gasteiger partial charge < -0.3 is 0 Å². The van der Waals surface area contributed by atoms with Crippen LogP contribution in [0.5, 0.6) is 0 Å². The van der Waals surface area contributed by atoms with E-state index < -0.39 is 0 Å². The molecule has 0 amide bonds. The molecule has 1 aromatic rings. The SMILES string of the molecule is CC(C)CC(=O)[C@H](Br)[C@@H](Br)c1ccccc1. The Bertz CT molecular complexity index is 335. The van der Waals surface area contributed by atoms with Gasteiger partial charge in [0.05, 0.1) is 9.65 Å². The first-order valence-corrected chi connectivity index (χ1v) is 7.21. The van der Waals surface area contributed by atoms with Gasteiger partial charge in [-0.1, -0.05) is 76.0 Å². The van der Waals surface area contributed by atoms with E-state index in [4.69, 9.17) is 0 Å². The minimum atomic E-state index is -0.155. The molecule has 0 unspecified atom stereocenters. The molecule has 88 valence electrons. The van der Waals surface area contributed by atoms with Crippen molar-refractivity contribution in [3.8, 4) is 0 Å². The molecule has 16 heavy (non-hydrogen) atoms. The second-order valence-electron chi connectivity index (χ2n) is 4.28. The van der Waals surface area contributed by atoms with Crippen molar-refractivity contribution in [3.63, 3.8) is 0 Å². The predicted molar refractivity (Wildman–Crippen MR) is 75.3 cm³/mol. The molecule has 0 saturated carbocycles. The number of halogens is 2. The third-order valence-corrected chi connectivity index (χ3v) is 5.10. The summed E-state index contributed by atoms with van der Waals surface area (Å²) in [6, 6.07) is 9.99. The van der Waals surface area contributed by atoms with E-state index in [0.717, 1.165) is 5.56 Å². The number of carbonyl (C=O) groups excluding carboxylic acids is 1. The summed E-state index contributed by atoms with van der Waals surface area (Å²) in [6.45, 7) is 4.12. The van der Waals surface area contributed by atoms with Crippen LogP contribution in [0.3, 0.4) is 0 Å². The molecule has 1 nitrogen and oxygen atoms in total. The Balaban J connectivity index is 2.67. The summed E-state index contributed by atoms with van der Waals surface area (Å²) in [7, 11) is 0.